The summed E-state index contributed by atoms with van der Waals surface area (Å²) in [6, 6.07) is 0.215. The third kappa shape index (κ3) is 4.14. The van der Waals surface area contributed by atoms with Crippen molar-refractivity contribution in [3.05, 3.63) is 21.6 Å². The van der Waals surface area contributed by atoms with E-state index in [0.717, 1.165) is 11.5 Å². The van der Waals surface area contributed by atoms with Crippen LogP contribution in [0.15, 0.2) is 11.0 Å². The van der Waals surface area contributed by atoms with Crippen molar-refractivity contribution in [2.24, 2.45) is 5.92 Å². The summed E-state index contributed by atoms with van der Waals surface area (Å²) >= 11 is 7.93. The number of hydrogen-bond donors (Lipinski definition) is 1. The molecule has 1 aromatic heterocycles. The highest BCUT2D eigenvalue weighted by atomic mass is 35.5. The van der Waals surface area contributed by atoms with E-state index in [1.54, 1.807) is 6.20 Å². The molecular weight excluding hydrogens is 282 g/mol. The van der Waals surface area contributed by atoms with E-state index in [9.17, 15) is 4.79 Å². The fourth-order valence-corrected chi connectivity index (χ4v) is 2.71. The maximum absolute atomic E-state index is 12.3. The van der Waals surface area contributed by atoms with E-state index in [4.69, 9.17) is 11.6 Å². The van der Waals surface area contributed by atoms with Gasteiger partial charge in [-0.2, -0.15) is 16.9 Å². The molecular formula is C13H20ClN3OS. The summed E-state index contributed by atoms with van der Waals surface area (Å²) < 4.78 is 1.53. The van der Waals surface area contributed by atoms with Crippen molar-refractivity contribution < 1.29 is 0 Å². The zero-order valence-electron chi connectivity index (χ0n) is 11.4. The second kappa shape index (κ2) is 6.66. The monoisotopic (exact) mass is 301 g/mol. The second-order valence-corrected chi connectivity index (χ2v) is 6.73. The van der Waals surface area contributed by atoms with Crippen LogP contribution in [0.1, 0.15) is 26.7 Å². The van der Waals surface area contributed by atoms with Crippen LogP contribution in [-0.4, -0.2) is 27.3 Å². The van der Waals surface area contributed by atoms with Crippen molar-refractivity contribution in [1.82, 2.24) is 9.78 Å². The standard InChI is InChI=1S/C13H20ClN3OS/c1-3-19-8-9(2)16-12-11(14)6-15-17(13(12)18)7-10-4-5-10/h6,9-10,16H,3-5,7-8H2,1-2H3. The molecule has 0 aromatic carbocycles. The van der Waals surface area contributed by atoms with E-state index in [1.807, 2.05) is 11.8 Å². The maximum Gasteiger partial charge on any atom is 0.291 e. The largest absolute Gasteiger partial charge is 0.376 e. The first-order valence-electron chi connectivity index (χ1n) is 6.71. The lowest BCUT2D eigenvalue weighted by atomic mass is 10.3. The summed E-state index contributed by atoms with van der Waals surface area (Å²) in [6.07, 6.45) is 3.96. The number of thioether (sulfide) groups is 1. The predicted molar refractivity (Wildman–Crippen MR) is 82.3 cm³/mol. The number of rotatable bonds is 7. The lowest BCUT2D eigenvalue weighted by Crippen LogP contribution is -2.30. The highest BCUT2D eigenvalue weighted by molar-refractivity contribution is 7.99. The minimum Gasteiger partial charge on any atom is -0.376 e. The normalized spacial score (nSPS) is 16.4. The first-order chi connectivity index (χ1) is 9.11. The summed E-state index contributed by atoms with van der Waals surface area (Å²) in [4.78, 5) is 12.3. The zero-order chi connectivity index (χ0) is 13.8. The molecule has 0 spiro atoms. The highest BCUT2D eigenvalue weighted by Crippen LogP contribution is 2.30. The molecule has 0 bridgehead atoms. The zero-order valence-corrected chi connectivity index (χ0v) is 12.9. The molecule has 0 amide bonds. The van der Waals surface area contributed by atoms with Gasteiger partial charge in [0.1, 0.15) is 5.69 Å². The molecule has 6 heteroatoms. The van der Waals surface area contributed by atoms with E-state index in [0.29, 0.717) is 23.2 Å². The van der Waals surface area contributed by atoms with Crippen molar-refractivity contribution in [3.8, 4) is 0 Å². The molecule has 1 atom stereocenters. The molecule has 1 aliphatic carbocycles. The van der Waals surface area contributed by atoms with Crippen molar-refractivity contribution in [3.63, 3.8) is 0 Å². The number of nitrogens with one attached hydrogen (secondary N) is 1. The number of anilines is 1. The molecule has 1 aromatic rings. The second-order valence-electron chi connectivity index (χ2n) is 5.00. The highest BCUT2D eigenvalue weighted by Gasteiger charge is 2.23. The average molecular weight is 302 g/mol. The number of aromatic nitrogens is 2. The number of halogens is 1. The summed E-state index contributed by atoms with van der Waals surface area (Å²) in [5, 5.41) is 7.74. The molecule has 0 aliphatic heterocycles. The van der Waals surface area contributed by atoms with Gasteiger partial charge in [-0.15, -0.1) is 0 Å². The molecule has 1 fully saturated rings. The van der Waals surface area contributed by atoms with Gasteiger partial charge < -0.3 is 5.32 Å². The lowest BCUT2D eigenvalue weighted by Gasteiger charge is -2.16. The summed E-state index contributed by atoms with van der Waals surface area (Å²) in [5.74, 6) is 2.64. The van der Waals surface area contributed by atoms with E-state index < -0.39 is 0 Å². The molecule has 1 heterocycles. The summed E-state index contributed by atoms with van der Waals surface area (Å²) in [6.45, 7) is 4.90. The average Bonchev–Trinajstić information content (AvgIpc) is 3.19. The lowest BCUT2D eigenvalue weighted by molar-refractivity contribution is 0.534. The van der Waals surface area contributed by atoms with Gasteiger partial charge in [-0.3, -0.25) is 4.79 Å². The maximum atomic E-state index is 12.3. The van der Waals surface area contributed by atoms with Gasteiger partial charge in [0.25, 0.3) is 5.56 Å². The molecule has 106 valence electrons. The molecule has 1 saturated carbocycles. The third-order valence-electron chi connectivity index (χ3n) is 3.09. The Bertz CT molecular complexity index is 487. The van der Waals surface area contributed by atoms with Crippen molar-refractivity contribution in [2.45, 2.75) is 39.3 Å². The van der Waals surface area contributed by atoms with Crippen LogP contribution in [0.25, 0.3) is 0 Å². The molecule has 4 nitrogen and oxygen atoms in total. The molecule has 0 radical (unpaired) electrons. The van der Waals surface area contributed by atoms with Crippen molar-refractivity contribution in [2.75, 3.05) is 16.8 Å². The van der Waals surface area contributed by atoms with E-state index >= 15 is 0 Å². The Balaban J connectivity index is 2.11. The van der Waals surface area contributed by atoms with Gasteiger partial charge in [0, 0.05) is 18.3 Å². The SMILES string of the molecule is CCSCC(C)Nc1c(Cl)cnn(CC2CC2)c1=O. The van der Waals surface area contributed by atoms with Crippen LogP contribution in [0.4, 0.5) is 5.69 Å². The van der Waals surface area contributed by atoms with Crippen LogP contribution in [-0.2, 0) is 6.54 Å². The van der Waals surface area contributed by atoms with Crippen molar-refractivity contribution in [1.29, 1.82) is 0 Å². The van der Waals surface area contributed by atoms with E-state index in [2.05, 4.69) is 24.3 Å². The molecule has 1 unspecified atom stereocenters. The Hall–Kier alpha value is -0.680. The van der Waals surface area contributed by atoms with Gasteiger partial charge >= 0.3 is 0 Å². The van der Waals surface area contributed by atoms with Crippen LogP contribution in [0, 0.1) is 5.92 Å². The first-order valence-corrected chi connectivity index (χ1v) is 8.25. The molecule has 2 rings (SSSR count). The van der Waals surface area contributed by atoms with Crippen LogP contribution in [0.5, 0.6) is 0 Å². The van der Waals surface area contributed by atoms with Gasteiger partial charge in [0.15, 0.2) is 0 Å². The number of nitrogens with zero attached hydrogens (tertiary/aromatic N) is 2. The van der Waals surface area contributed by atoms with Crippen LogP contribution < -0.4 is 10.9 Å². The van der Waals surface area contributed by atoms with Gasteiger partial charge in [-0.1, -0.05) is 18.5 Å². The molecule has 1 aliphatic rings. The fourth-order valence-electron chi connectivity index (χ4n) is 1.86. The Kier molecular flexibility index (Phi) is 5.16. The minimum atomic E-state index is -0.104. The van der Waals surface area contributed by atoms with Crippen LogP contribution >= 0.6 is 23.4 Å². The Morgan fingerprint density at radius 1 is 1.63 bits per heavy atom. The first kappa shape index (κ1) is 14.7. The Morgan fingerprint density at radius 2 is 2.37 bits per heavy atom. The quantitative estimate of drug-likeness (QED) is 0.841. The molecule has 1 N–H and O–H groups in total. The van der Waals surface area contributed by atoms with Crippen molar-refractivity contribution >= 4 is 29.1 Å². The minimum absolute atomic E-state index is 0.104. The predicted octanol–water partition coefficient (Wildman–Crippen LogP) is 2.86. The molecule has 19 heavy (non-hydrogen) atoms. The number of hydrogen-bond acceptors (Lipinski definition) is 4. The van der Waals surface area contributed by atoms with Gasteiger partial charge in [-0.05, 0) is 31.4 Å². The fraction of sp³-hybridized carbons (Fsp3) is 0.692. The van der Waals surface area contributed by atoms with Gasteiger partial charge in [0.05, 0.1) is 11.2 Å². The van der Waals surface area contributed by atoms with Crippen LogP contribution in [0.3, 0.4) is 0 Å². The van der Waals surface area contributed by atoms with Gasteiger partial charge in [0.2, 0.25) is 0 Å². The Morgan fingerprint density at radius 3 is 3.00 bits per heavy atom. The van der Waals surface area contributed by atoms with E-state index in [1.165, 1.54) is 17.5 Å². The van der Waals surface area contributed by atoms with Gasteiger partial charge in [-0.25, -0.2) is 4.68 Å². The summed E-state index contributed by atoms with van der Waals surface area (Å²) in [7, 11) is 0. The Labute approximate surface area is 122 Å². The topological polar surface area (TPSA) is 46.9 Å². The van der Waals surface area contributed by atoms with E-state index in [-0.39, 0.29) is 11.6 Å². The van der Waals surface area contributed by atoms with Crippen LogP contribution in [0.2, 0.25) is 5.02 Å². The smallest absolute Gasteiger partial charge is 0.291 e. The summed E-state index contributed by atoms with van der Waals surface area (Å²) in [5.41, 5.74) is 0.384. The molecule has 0 saturated heterocycles. The third-order valence-corrected chi connectivity index (χ3v) is 4.52.